The molecule has 0 saturated heterocycles. The van der Waals surface area contributed by atoms with Crippen molar-refractivity contribution in [3.63, 3.8) is 0 Å². The lowest BCUT2D eigenvalue weighted by Gasteiger charge is -1.89. The molecule has 2 atom stereocenters. The van der Waals surface area contributed by atoms with Gasteiger partial charge in [0.05, 0.1) is 16.5 Å². The molecule has 0 aliphatic heterocycles. The Balaban J connectivity index is 1.98. The topological polar surface area (TPSA) is 78.9 Å². The quantitative estimate of drug-likeness (QED) is 0.835. The molecule has 0 amide bonds. The van der Waals surface area contributed by atoms with Gasteiger partial charge in [-0.15, -0.1) is 0 Å². The van der Waals surface area contributed by atoms with Gasteiger partial charge in [0.2, 0.25) is 0 Å². The molecule has 1 aliphatic rings. The van der Waals surface area contributed by atoms with Crippen molar-refractivity contribution in [1.82, 2.24) is 15.0 Å². The Morgan fingerprint density at radius 1 is 1.62 bits per heavy atom. The van der Waals surface area contributed by atoms with E-state index in [9.17, 15) is 4.79 Å². The van der Waals surface area contributed by atoms with E-state index in [-0.39, 0.29) is 11.8 Å². The predicted molar refractivity (Wildman–Crippen MR) is 57.4 cm³/mol. The highest BCUT2D eigenvalue weighted by Crippen LogP contribution is 2.46. The average molecular weight is 238 g/mol. The minimum Gasteiger partial charge on any atom is -0.481 e. The molecule has 0 aromatic carbocycles. The summed E-state index contributed by atoms with van der Waals surface area (Å²) in [5.74, 6) is -0.393. The van der Waals surface area contributed by atoms with Crippen LogP contribution >= 0.6 is 11.6 Å². The smallest absolute Gasteiger partial charge is 0.307 e. The summed E-state index contributed by atoms with van der Waals surface area (Å²) in [5.41, 5.74) is 1.33. The van der Waals surface area contributed by atoms with Crippen LogP contribution in [-0.2, 0) is 4.79 Å². The molecule has 82 valence electrons. The number of hydrogen-bond acceptors (Lipinski definition) is 3. The largest absolute Gasteiger partial charge is 0.481 e. The molecule has 0 spiro atoms. The molecular formula is C10H8ClN3O2. The Morgan fingerprint density at radius 2 is 2.44 bits per heavy atom. The van der Waals surface area contributed by atoms with E-state index < -0.39 is 5.97 Å². The van der Waals surface area contributed by atoms with Crippen molar-refractivity contribution in [2.45, 2.75) is 12.3 Å². The highest BCUT2D eigenvalue weighted by atomic mass is 35.5. The van der Waals surface area contributed by atoms with E-state index in [1.54, 1.807) is 6.07 Å². The van der Waals surface area contributed by atoms with Crippen LogP contribution in [0.1, 0.15) is 18.2 Å². The van der Waals surface area contributed by atoms with Crippen molar-refractivity contribution in [1.29, 1.82) is 0 Å². The first-order valence-electron chi connectivity index (χ1n) is 4.89. The standard InChI is InChI=1S/C10H8ClN3O2/c11-4-1-7-9(12-3-4)14-8(13-7)5-2-6(5)10(15)16/h1,3,5-6H,2H2,(H,15,16)(H,12,13,14). The molecule has 0 bridgehead atoms. The van der Waals surface area contributed by atoms with Crippen molar-refractivity contribution in [2.24, 2.45) is 5.92 Å². The van der Waals surface area contributed by atoms with Gasteiger partial charge in [-0.3, -0.25) is 4.79 Å². The van der Waals surface area contributed by atoms with Gasteiger partial charge in [-0.25, -0.2) is 9.97 Å². The van der Waals surface area contributed by atoms with E-state index in [1.807, 2.05) is 0 Å². The first-order valence-corrected chi connectivity index (χ1v) is 5.27. The Bertz CT molecular complexity index is 580. The van der Waals surface area contributed by atoms with Gasteiger partial charge in [0.25, 0.3) is 0 Å². The number of nitrogens with one attached hydrogen (secondary N) is 1. The van der Waals surface area contributed by atoms with E-state index in [2.05, 4.69) is 15.0 Å². The molecule has 2 unspecified atom stereocenters. The van der Waals surface area contributed by atoms with Crippen molar-refractivity contribution >= 4 is 28.7 Å². The molecule has 2 N–H and O–H groups in total. The van der Waals surface area contributed by atoms with E-state index >= 15 is 0 Å². The normalized spacial score (nSPS) is 23.6. The summed E-state index contributed by atoms with van der Waals surface area (Å²) in [6.07, 6.45) is 2.17. The summed E-state index contributed by atoms with van der Waals surface area (Å²) >= 11 is 5.80. The number of carbonyl (C=O) groups is 1. The Hall–Kier alpha value is -1.62. The molecule has 1 aliphatic carbocycles. The molecule has 2 aromatic rings. The lowest BCUT2D eigenvalue weighted by atomic mass is 10.3. The molecular weight excluding hydrogens is 230 g/mol. The molecule has 6 heteroatoms. The molecule has 2 aromatic heterocycles. The van der Waals surface area contributed by atoms with Gasteiger partial charge in [0.15, 0.2) is 5.65 Å². The minimum absolute atomic E-state index is 0.00882. The number of H-pyrrole nitrogens is 1. The zero-order chi connectivity index (χ0) is 11.3. The van der Waals surface area contributed by atoms with Gasteiger partial charge in [0.1, 0.15) is 5.82 Å². The summed E-state index contributed by atoms with van der Waals surface area (Å²) in [4.78, 5) is 22.1. The second-order valence-electron chi connectivity index (χ2n) is 3.93. The average Bonchev–Trinajstić information content (AvgIpc) is 2.93. The monoisotopic (exact) mass is 237 g/mol. The van der Waals surface area contributed by atoms with Gasteiger partial charge in [-0.05, 0) is 12.5 Å². The van der Waals surface area contributed by atoms with Crippen LogP contribution in [0.3, 0.4) is 0 Å². The van der Waals surface area contributed by atoms with Crippen molar-refractivity contribution in [3.05, 3.63) is 23.1 Å². The Kier molecular flexibility index (Phi) is 1.91. The van der Waals surface area contributed by atoms with Crippen LogP contribution < -0.4 is 0 Å². The van der Waals surface area contributed by atoms with Gasteiger partial charge < -0.3 is 10.1 Å². The predicted octanol–water partition coefficient (Wildman–Crippen LogP) is 1.80. The van der Waals surface area contributed by atoms with Crippen LogP contribution in [0.2, 0.25) is 5.02 Å². The van der Waals surface area contributed by atoms with Crippen LogP contribution in [0.15, 0.2) is 12.3 Å². The second-order valence-corrected chi connectivity index (χ2v) is 4.37. The van der Waals surface area contributed by atoms with Crippen LogP contribution in [0.25, 0.3) is 11.2 Å². The number of aromatic nitrogens is 3. The number of hydrogen-bond donors (Lipinski definition) is 2. The second kappa shape index (κ2) is 3.18. The number of aromatic amines is 1. The van der Waals surface area contributed by atoms with Crippen molar-refractivity contribution < 1.29 is 9.90 Å². The van der Waals surface area contributed by atoms with Gasteiger partial charge >= 0.3 is 5.97 Å². The number of carboxylic acids is 1. The third kappa shape index (κ3) is 1.44. The van der Waals surface area contributed by atoms with Crippen LogP contribution in [-0.4, -0.2) is 26.0 Å². The van der Waals surface area contributed by atoms with Crippen LogP contribution in [0.4, 0.5) is 0 Å². The first-order chi connectivity index (χ1) is 7.65. The molecule has 0 radical (unpaired) electrons. The first kappa shape index (κ1) is 9.59. The number of carboxylic acid groups (broad SMARTS) is 1. The maximum absolute atomic E-state index is 10.7. The fourth-order valence-electron chi connectivity index (χ4n) is 1.84. The van der Waals surface area contributed by atoms with E-state index in [0.717, 1.165) is 5.52 Å². The summed E-state index contributed by atoms with van der Waals surface area (Å²) in [6.45, 7) is 0. The third-order valence-electron chi connectivity index (χ3n) is 2.78. The van der Waals surface area contributed by atoms with Crippen molar-refractivity contribution in [2.75, 3.05) is 0 Å². The minimum atomic E-state index is -0.767. The molecule has 5 nitrogen and oxygen atoms in total. The van der Waals surface area contributed by atoms with E-state index in [0.29, 0.717) is 22.9 Å². The molecule has 2 heterocycles. The highest BCUT2D eigenvalue weighted by molar-refractivity contribution is 6.31. The molecule has 1 fully saturated rings. The third-order valence-corrected chi connectivity index (χ3v) is 2.99. The maximum atomic E-state index is 10.7. The Morgan fingerprint density at radius 3 is 3.12 bits per heavy atom. The Labute approximate surface area is 95.5 Å². The van der Waals surface area contributed by atoms with Crippen molar-refractivity contribution in [3.8, 4) is 0 Å². The van der Waals surface area contributed by atoms with Gasteiger partial charge in [0, 0.05) is 12.1 Å². The summed E-state index contributed by atoms with van der Waals surface area (Å²) in [5, 5.41) is 9.36. The van der Waals surface area contributed by atoms with Crippen LogP contribution in [0, 0.1) is 5.92 Å². The SMILES string of the molecule is O=C(O)C1CC1c1nc2ncc(Cl)cc2[nH]1. The van der Waals surface area contributed by atoms with Gasteiger partial charge in [-0.1, -0.05) is 11.6 Å². The number of imidazole rings is 1. The highest BCUT2D eigenvalue weighted by Gasteiger charge is 2.46. The molecule has 1 saturated carbocycles. The summed E-state index contributed by atoms with van der Waals surface area (Å²) in [6, 6.07) is 1.73. The van der Waals surface area contributed by atoms with Gasteiger partial charge in [-0.2, -0.15) is 0 Å². The van der Waals surface area contributed by atoms with E-state index in [4.69, 9.17) is 16.7 Å². The number of aliphatic carboxylic acids is 1. The maximum Gasteiger partial charge on any atom is 0.307 e. The summed E-state index contributed by atoms with van der Waals surface area (Å²) in [7, 11) is 0. The number of halogens is 1. The summed E-state index contributed by atoms with van der Waals surface area (Å²) < 4.78 is 0. The van der Waals surface area contributed by atoms with Crippen LogP contribution in [0.5, 0.6) is 0 Å². The number of nitrogens with zero attached hydrogens (tertiary/aromatic N) is 2. The molecule has 3 rings (SSSR count). The number of rotatable bonds is 2. The molecule has 16 heavy (non-hydrogen) atoms. The lowest BCUT2D eigenvalue weighted by molar-refractivity contribution is -0.138. The number of pyridine rings is 1. The fraction of sp³-hybridized carbons (Fsp3) is 0.300. The fourth-order valence-corrected chi connectivity index (χ4v) is 2.00. The zero-order valence-corrected chi connectivity index (χ0v) is 8.90. The lowest BCUT2D eigenvalue weighted by Crippen LogP contribution is -1.99. The van der Waals surface area contributed by atoms with E-state index in [1.165, 1.54) is 6.20 Å². The number of fused-ring (bicyclic) bond motifs is 1. The zero-order valence-electron chi connectivity index (χ0n) is 8.14.